The molecule has 1 unspecified atom stereocenters. The van der Waals surface area contributed by atoms with E-state index in [0.29, 0.717) is 12.0 Å². The van der Waals surface area contributed by atoms with E-state index in [1.165, 1.54) is 24.8 Å². The summed E-state index contributed by atoms with van der Waals surface area (Å²) >= 11 is 0. The van der Waals surface area contributed by atoms with Crippen LogP contribution in [-0.4, -0.2) is 41.0 Å². The highest BCUT2D eigenvalue weighted by Gasteiger charge is 2.29. The molecule has 4 rings (SSSR count). The zero-order chi connectivity index (χ0) is 15.6. The molecule has 1 atom stereocenters. The molecule has 4 heteroatoms. The summed E-state index contributed by atoms with van der Waals surface area (Å²) in [5.41, 5.74) is 1.40. The Bertz CT molecular complexity index is 653. The summed E-state index contributed by atoms with van der Waals surface area (Å²) in [5, 5.41) is 0. The highest BCUT2D eigenvalue weighted by molar-refractivity contribution is 5.39. The number of likely N-dealkylation sites (tertiary alicyclic amines) is 1. The van der Waals surface area contributed by atoms with E-state index in [1.54, 1.807) is 0 Å². The molecule has 1 saturated carbocycles. The third kappa shape index (κ3) is 3.37. The van der Waals surface area contributed by atoms with E-state index in [9.17, 15) is 0 Å². The Morgan fingerprint density at radius 2 is 1.96 bits per heavy atom. The monoisotopic (exact) mass is 308 g/mol. The van der Waals surface area contributed by atoms with Crippen LogP contribution in [0.1, 0.15) is 36.6 Å². The number of benzene rings is 1. The van der Waals surface area contributed by atoms with Gasteiger partial charge < -0.3 is 4.90 Å². The zero-order valence-electron chi connectivity index (χ0n) is 13.7. The van der Waals surface area contributed by atoms with Gasteiger partial charge in [-0.3, -0.25) is 4.90 Å². The lowest BCUT2D eigenvalue weighted by Crippen LogP contribution is -2.35. The van der Waals surface area contributed by atoms with Crippen LogP contribution in [0.4, 0.5) is 5.82 Å². The Morgan fingerprint density at radius 1 is 1.13 bits per heavy atom. The van der Waals surface area contributed by atoms with Crippen molar-refractivity contribution >= 4 is 5.82 Å². The van der Waals surface area contributed by atoms with E-state index in [1.807, 2.05) is 12.3 Å². The topological polar surface area (TPSA) is 32.3 Å². The summed E-state index contributed by atoms with van der Waals surface area (Å²) in [6, 6.07) is 13.3. The van der Waals surface area contributed by atoms with Crippen LogP contribution in [0.5, 0.6) is 0 Å². The maximum Gasteiger partial charge on any atom is 0.133 e. The van der Waals surface area contributed by atoms with Crippen molar-refractivity contribution in [2.45, 2.75) is 37.8 Å². The predicted molar refractivity (Wildman–Crippen MR) is 92.5 cm³/mol. The van der Waals surface area contributed by atoms with Crippen molar-refractivity contribution in [2.24, 2.45) is 0 Å². The minimum absolute atomic E-state index is 0.542. The summed E-state index contributed by atoms with van der Waals surface area (Å²) in [4.78, 5) is 14.1. The van der Waals surface area contributed by atoms with Crippen molar-refractivity contribution in [1.82, 2.24) is 14.9 Å². The molecule has 23 heavy (non-hydrogen) atoms. The van der Waals surface area contributed by atoms with E-state index in [2.05, 4.69) is 52.2 Å². The maximum atomic E-state index is 4.78. The number of nitrogens with zero attached hydrogens (tertiary/aromatic N) is 4. The Labute approximate surface area is 138 Å². The molecule has 0 spiro atoms. The van der Waals surface area contributed by atoms with Crippen LogP contribution in [0, 0.1) is 0 Å². The van der Waals surface area contributed by atoms with E-state index in [4.69, 9.17) is 4.98 Å². The SMILES string of the molecule is CN(c1ccnc(C2CC2)n1)C1CCN(Cc2ccccc2)C1. The van der Waals surface area contributed by atoms with E-state index in [0.717, 1.165) is 31.3 Å². The molecular formula is C19H24N4. The van der Waals surface area contributed by atoms with Crippen LogP contribution < -0.4 is 4.90 Å². The molecule has 4 nitrogen and oxygen atoms in total. The van der Waals surface area contributed by atoms with Crippen LogP contribution in [0.2, 0.25) is 0 Å². The highest BCUT2D eigenvalue weighted by Crippen LogP contribution is 2.38. The summed E-state index contributed by atoms with van der Waals surface area (Å²) in [7, 11) is 2.18. The first-order valence-corrected chi connectivity index (χ1v) is 8.61. The van der Waals surface area contributed by atoms with Gasteiger partial charge in [0.2, 0.25) is 0 Å². The molecule has 2 aliphatic rings. The smallest absolute Gasteiger partial charge is 0.133 e. The van der Waals surface area contributed by atoms with Gasteiger partial charge in [0.15, 0.2) is 0 Å². The Balaban J connectivity index is 1.39. The van der Waals surface area contributed by atoms with Crippen LogP contribution in [0.3, 0.4) is 0 Å². The standard InChI is InChI=1S/C19H24N4/c1-22(18-9-11-20-19(21-18)16-7-8-16)17-10-12-23(14-17)13-15-5-3-2-4-6-15/h2-6,9,11,16-17H,7-8,10,12-14H2,1H3. The number of aromatic nitrogens is 2. The molecule has 0 bridgehead atoms. The van der Waals surface area contributed by atoms with Crippen LogP contribution >= 0.6 is 0 Å². The number of likely N-dealkylation sites (N-methyl/N-ethyl adjacent to an activating group) is 1. The quantitative estimate of drug-likeness (QED) is 0.850. The lowest BCUT2D eigenvalue weighted by atomic mass is 10.2. The molecule has 1 saturated heterocycles. The van der Waals surface area contributed by atoms with Crippen LogP contribution in [-0.2, 0) is 6.54 Å². The fourth-order valence-corrected chi connectivity index (χ4v) is 3.40. The molecule has 2 aromatic rings. The van der Waals surface area contributed by atoms with Crippen molar-refractivity contribution in [3.63, 3.8) is 0 Å². The number of hydrogen-bond acceptors (Lipinski definition) is 4. The maximum absolute atomic E-state index is 4.78. The number of hydrogen-bond donors (Lipinski definition) is 0. The summed E-state index contributed by atoms with van der Waals surface area (Å²) in [5.74, 6) is 2.73. The third-order valence-corrected chi connectivity index (χ3v) is 5.01. The fraction of sp³-hybridized carbons (Fsp3) is 0.474. The molecule has 0 N–H and O–H groups in total. The fourth-order valence-electron chi connectivity index (χ4n) is 3.40. The molecule has 0 radical (unpaired) electrons. The van der Waals surface area contributed by atoms with E-state index >= 15 is 0 Å². The van der Waals surface area contributed by atoms with Gasteiger partial charge >= 0.3 is 0 Å². The summed E-state index contributed by atoms with van der Waals surface area (Å²) in [6.07, 6.45) is 5.62. The van der Waals surface area contributed by atoms with Gasteiger partial charge in [0.05, 0.1) is 0 Å². The van der Waals surface area contributed by atoms with Crippen molar-refractivity contribution in [3.8, 4) is 0 Å². The van der Waals surface area contributed by atoms with E-state index < -0.39 is 0 Å². The van der Waals surface area contributed by atoms with Gasteiger partial charge in [-0.25, -0.2) is 9.97 Å². The molecule has 2 heterocycles. The lowest BCUT2D eigenvalue weighted by molar-refractivity contribution is 0.326. The second kappa shape index (κ2) is 6.28. The second-order valence-corrected chi connectivity index (χ2v) is 6.82. The minimum atomic E-state index is 0.542. The summed E-state index contributed by atoms with van der Waals surface area (Å²) in [6.45, 7) is 3.31. The normalized spacial score (nSPS) is 21.5. The molecule has 1 aliphatic carbocycles. The number of rotatable bonds is 5. The third-order valence-electron chi connectivity index (χ3n) is 5.01. The van der Waals surface area contributed by atoms with Gasteiger partial charge in [-0.05, 0) is 30.9 Å². The van der Waals surface area contributed by atoms with Crippen molar-refractivity contribution in [1.29, 1.82) is 0 Å². The Hall–Kier alpha value is -1.94. The van der Waals surface area contributed by atoms with Crippen molar-refractivity contribution in [3.05, 3.63) is 54.0 Å². The molecule has 2 fully saturated rings. The van der Waals surface area contributed by atoms with Gasteiger partial charge in [0.1, 0.15) is 11.6 Å². The van der Waals surface area contributed by atoms with E-state index in [-0.39, 0.29) is 0 Å². The molecule has 1 aromatic carbocycles. The summed E-state index contributed by atoms with van der Waals surface area (Å²) < 4.78 is 0. The first kappa shape index (κ1) is 14.6. The molecule has 1 aromatic heterocycles. The van der Waals surface area contributed by atoms with Gasteiger partial charge in [0, 0.05) is 44.8 Å². The van der Waals surface area contributed by atoms with Gasteiger partial charge in [-0.1, -0.05) is 30.3 Å². The first-order valence-electron chi connectivity index (χ1n) is 8.61. The molecule has 1 aliphatic heterocycles. The molecular weight excluding hydrogens is 284 g/mol. The van der Waals surface area contributed by atoms with Gasteiger partial charge in [-0.2, -0.15) is 0 Å². The predicted octanol–water partition coefficient (Wildman–Crippen LogP) is 3.06. The highest BCUT2D eigenvalue weighted by atomic mass is 15.3. The number of anilines is 1. The average Bonchev–Trinajstić information content (AvgIpc) is 3.35. The van der Waals surface area contributed by atoms with Crippen molar-refractivity contribution < 1.29 is 0 Å². The largest absolute Gasteiger partial charge is 0.355 e. The second-order valence-electron chi connectivity index (χ2n) is 6.82. The molecule has 0 amide bonds. The first-order chi connectivity index (χ1) is 11.3. The molecule has 120 valence electrons. The minimum Gasteiger partial charge on any atom is -0.355 e. The Morgan fingerprint density at radius 3 is 2.74 bits per heavy atom. The average molecular weight is 308 g/mol. The van der Waals surface area contributed by atoms with Gasteiger partial charge in [0.25, 0.3) is 0 Å². The Kier molecular flexibility index (Phi) is 4.00. The zero-order valence-corrected chi connectivity index (χ0v) is 13.7. The van der Waals surface area contributed by atoms with Crippen molar-refractivity contribution in [2.75, 3.05) is 25.0 Å². The lowest BCUT2D eigenvalue weighted by Gasteiger charge is -2.26. The van der Waals surface area contributed by atoms with Crippen LogP contribution in [0.15, 0.2) is 42.6 Å². The van der Waals surface area contributed by atoms with Crippen LogP contribution in [0.25, 0.3) is 0 Å². The van der Waals surface area contributed by atoms with Gasteiger partial charge in [-0.15, -0.1) is 0 Å².